The number of fused-ring (bicyclic) bond motifs is 1. The molecule has 0 atom stereocenters. The highest BCUT2D eigenvalue weighted by atomic mass is 16.7. The molecule has 0 aromatic heterocycles. The van der Waals surface area contributed by atoms with Crippen molar-refractivity contribution in [1.82, 2.24) is 0 Å². The Bertz CT molecular complexity index is 667. The van der Waals surface area contributed by atoms with Crippen molar-refractivity contribution in [2.45, 2.75) is 20.4 Å². The lowest BCUT2D eigenvalue weighted by molar-refractivity contribution is 0.171. The molecule has 1 N–H and O–H groups in total. The van der Waals surface area contributed by atoms with Crippen LogP contribution in [0, 0.1) is 13.8 Å². The second-order valence-corrected chi connectivity index (χ2v) is 5.20. The monoisotopic (exact) mass is 285 g/mol. The summed E-state index contributed by atoms with van der Waals surface area (Å²) in [7, 11) is 1.64. The Morgan fingerprint density at radius 1 is 1.14 bits per heavy atom. The van der Waals surface area contributed by atoms with E-state index in [4.69, 9.17) is 14.2 Å². The largest absolute Gasteiger partial charge is 0.493 e. The molecular formula is C17H19NO3. The van der Waals surface area contributed by atoms with Gasteiger partial charge in [-0.15, -0.1) is 0 Å². The molecule has 0 aliphatic carbocycles. The van der Waals surface area contributed by atoms with Crippen molar-refractivity contribution < 1.29 is 14.2 Å². The summed E-state index contributed by atoms with van der Waals surface area (Å²) in [6.07, 6.45) is 0. The van der Waals surface area contributed by atoms with E-state index >= 15 is 0 Å². The minimum absolute atomic E-state index is 0.250. The number of anilines is 1. The minimum atomic E-state index is 0.250. The first-order valence-corrected chi connectivity index (χ1v) is 6.95. The second-order valence-electron chi connectivity index (χ2n) is 5.20. The number of methoxy groups -OCH3 is 1. The number of aryl methyl sites for hydroxylation is 2. The van der Waals surface area contributed by atoms with Crippen LogP contribution in [0.4, 0.5) is 5.69 Å². The molecule has 110 valence electrons. The third-order valence-electron chi connectivity index (χ3n) is 3.58. The van der Waals surface area contributed by atoms with Gasteiger partial charge in [-0.05, 0) is 43.2 Å². The average Bonchev–Trinajstić information content (AvgIpc) is 2.93. The van der Waals surface area contributed by atoms with Gasteiger partial charge in [0.15, 0.2) is 11.5 Å². The van der Waals surface area contributed by atoms with E-state index in [0.717, 1.165) is 17.0 Å². The fourth-order valence-electron chi connectivity index (χ4n) is 2.50. The third kappa shape index (κ3) is 2.75. The van der Waals surface area contributed by atoms with Gasteiger partial charge < -0.3 is 19.5 Å². The Hall–Kier alpha value is -2.36. The Kier molecular flexibility index (Phi) is 3.60. The fraction of sp³-hybridized carbons (Fsp3) is 0.294. The first kappa shape index (κ1) is 13.6. The van der Waals surface area contributed by atoms with Gasteiger partial charge in [0.25, 0.3) is 0 Å². The Morgan fingerprint density at radius 3 is 2.76 bits per heavy atom. The minimum Gasteiger partial charge on any atom is -0.493 e. The summed E-state index contributed by atoms with van der Waals surface area (Å²) in [5.74, 6) is 2.14. The summed E-state index contributed by atoms with van der Waals surface area (Å²) >= 11 is 0. The molecule has 0 spiro atoms. The van der Waals surface area contributed by atoms with Crippen LogP contribution < -0.4 is 19.5 Å². The van der Waals surface area contributed by atoms with Crippen LogP contribution >= 0.6 is 0 Å². The first-order valence-electron chi connectivity index (χ1n) is 6.95. The molecule has 21 heavy (non-hydrogen) atoms. The Labute approximate surface area is 124 Å². The fourth-order valence-corrected chi connectivity index (χ4v) is 2.50. The lowest BCUT2D eigenvalue weighted by Gasteiger charge is -2.12. The highest BCUT2D eigenvalue weighted by Gasteiger charge is 2.19. The van der Waals surface area contributed by atoms with Crippen LogP contribution in [0.1, 0.15) is 16.7 Å². The third-order valence-corrected chi connectivity index (χ3v) is 3.58. The Balaban J connectivity index is 1.79. The molecule has 0 saturated carbocycles. The molecule has 1 aliphatic rings. The molecule has 4 nitrogen and oxygen atoms in total. The normalized spacial score (nSPS) is 12.3. The van der Waals surface area contributed by atoms with Crippen LogP contribution in [0.25, 0.3) is 0 Å². The topological polar surface area (TPSA) is 39.7 Å². The molecule has 3 rings (SSSR count). The molecule has 2 aromatic carbocycles. The van der Waals surface area contributed by atoms with Crippen molar-refractivity contribution in [2.75, 3.05) is 19.2 Å². The van der Waals surface area contributed by atoms with E-state index in [9.17, 15) is 0 Å². The number of nitrogens with one attached hydrogen (secondary N) is 1. The van der Waals surface area contributed by atoms with E-state index in [-0.39, 0.29) is 6.79 Å². The zero-order valence-electron chi connectivity index (χ0n) is 12.5. The van der Waals surface area contributed by atoms with Crippen LogP contribution in [-0.2, 0) is 6.54 Å². The van der Waals surface area contributed by atoms with Gasteiger partial charge in [0.1, 0.15) is 0 Å². The van der Waals surface area contributed by atoms with E-state index in [1.165, 1.54) is 11.1 Å². The second kappa shape index (κ2) is 5.56. The molecule has 0 unspecified atom stereocenters. The predicted molar refractivity (Wildman–Crippen MR) is 82.4 cm³/mol. The highest BCUT2D eigenvalue weighted by Crippen LogP contribution is 2.41. The predicted octanol–water partition coefficient (Wildman–Crippen LogP) is 3.65. The van der Waals surface area contributed by atoms with Gasteiger partial charge in [-0.1, -0.05) is 17.7 Å². The number of ether oxygens (including phenoxy) is 3. The first-order chi connectivity index (χ1) is 10.2. The van der Waals surface area contributed by atoms with Gasteiger partial charge in [-0.3, -0.25) is 0 Å². The summed E-state index contributed by atoms with van der Waals surface area (Å²) in [6.45, 7) is 5.16. The van der Waals surface area contributed by atoms with E-state index in [0.29, 0.717) is 18.0 Å². The van der Waals surface area contributed by atoms with Crippen molar-refractivity contribution >= 4 is 5.69 Å². The van der Waals surface area contributed by atoms with E-state index < -0.39 is 0 Å². The van der Waals surface area contributed by atoms with E-state index in [1.807, 2.05) is 12.1 Å². The van der Waals surface area contributed by atoms with Crippen molar-refractivity contribution in [3.05, 3.63) is 47.0 Å². The molecule has 1 heterocycles. The van der Waals surface area contributed by atoms with Crippen molar-refractivity contribution in [3.8, 4) is 17.2 Å². The maximum absolute atomic E-state index is 5.44. The lowest BCUT2D eigenvalue weighted by Crippen LogP contribution is -2.01. The van der Waals surface area contributed by atoms with Crippen molar-refractivity contribution in [2.24, 2.45) is 0 Å². The quantitative estimate of drug-likeness (QED) is 0.930. The molecule has 1 aliphatic heterocycles. The SMILES string of the molecule is COc1cc(CNc2ccc(C)cc2C)cc2c1OCO2. The van der Waals surface area contributed by atoms with Gasteiger partial charge >= 0.3 is 0 Å². The number of hydrogen-bond acceptors (Lipinski definition) is 4. The van der Waals surface area contributed by atoms with Gasteiger partial charge in [-0.2, -0.15) is 0 Å². The standard InChI is InChI=1S/C17H19NO3/c1-11-4-5-14(12(2)6-11)18-9-13-7-15(19-3)17-16(8-13)20-10-21-17/h4-8,18H,9-10H2,1-3H3. The number of rotatable bonds is 4. The van der Waals surface area contributed by atoms with Gasteiger partial charge in [0.2, 0.25) is 12.5 Å². The summed E-state index contributed by atoms with van der Waals surface area (Å²) in [5.41, 5.74) is 4.74. The molecule has 0 fully saturated rings. The lowest BCUT2D eigenvalue weighted by atomic mass is 10.1. The summed E-state index contributed by atoms with van der Waals surface area (Å²) in [4.78, 5) is 0. The van der Waals surface area contributed by atoms with Crippen LogP contribution in [-0.4, -0.2) is 13.9 Å². The molecule has 4 heteroatoms. The molecule has 2 aromatic rings. The average molecular weight is 285 g/mol. The zero-order chi connectivity index (χ0) is 14.8. The van der Waals surface area contributed by atoms with Crippen LogP contribution in [0.15, 0.2) is 30.3 Å². The Morgan fingerprint density at radius 2 is 2.00 bits per heavy atom. The van der Waals surface area contributed by atoms with Crippen LogP contribution in [0.3, 0.4) is 0 Å². The maximum atomic E-state index is 5.44. The molecule has 0 bridgehead atoms. The molecule has 0 amide bonds. The van der Waals surface area contributed by atoms with Gasteiger partial charge in [-0.25, -0.2) is 0 Å². The van der Waals surface area contributed by atoms with Gasteiger partial charge in [0.05, 0.1) is 7.11 Å². The van der Waals surface area contributed by atoms with Crippen LogP contribution in [0.5, 0.6) is 17.2 Å². The van der Waals surface area contributed by atoms with Crippen molar-refractivity contribution in [1.29, 1.82) is 0 Å². The summed E-state index contributed by atoms with van der Waals surface area (Å²) in [6, 6.07) is 10.3. The molecule has 0 radical (unpaired) electrons. The maximum Gasteiger partial charge on any atom is 0.231 e. The summed E-state index contributed by atoms with van der Waals surface area (Å²) in [5, 5.41) is 3.45. The zero-order valence-corrected chi connectivity index (χ0v) is 12.5. The highest BCUT2D eigenvalue weighted by molar-refractivity contribution is 5.57. The van der Waals surface area contributed by atoms with Crippen molar-refractivity contribution in [3.63, 3.8) is 0 Å². The molecule has 0 saturated heterocycles. The smallest absolute Gasteiger partial charge is 0.231 e. The van der Waals surface area contributed by atoms with Gasteiger partial charge in [0, 0.05) is 12.2 Å². The number of hydrogen-bond donors (Lipinski definition) is 1. The van der Waals surface area contributed by atoms with E-state index in [2.05, 4.69) is 37.4 Å². The number of benzene rings is 2. The van der Waals surface area contributed by atoms with Crippen LogP contribution in [0.2, 0.25) is 0 Å². The summed E-state index contributed by atoms with van der Waals surface area (Å²) < 4.78 is 16.2. The molecular weight excluding hydrogens is 266 g/mol. The van der Waals surface area contributed by atoms with E-state index in [1.54, 1.807) is 7.11 Å².